The van der Waals surface area contributed by atoms with E-state index in [1.807, 2.05) is 25.1 Å². The molecule has 0 radical (unpaired) electrons. The Balaban J connectivity index is 1.38. The fourth-order valence-electron chi connectivity index (χ4n) is 3.08. The average Bonchev–Trinajstić information content (AvgIpc) is 3.06. The van der Waals surface area contributed by atoms with E-state index in [4.69, 9.17) is 14.3 Å². The van der Waals surface area contributed by atoms with E-state index in [0.717, 1.165) is 17.0 Å². The summed E-state index contributed by atoms with van der Waals surface area (Å²) in [4.78, 5) is 5.66. The summed E-state index contributed by atoms with van der Waals surface area (Å²) in [6.07, 6.45) is 0.611. The fourth-order valence-corrected chi connectivity index (χ4v) is 4.25. The Hall–Kier alpha value is -2.28. The zero-order chi connectivity index (χ0) is 18.9. The lowest BCUT2D eigenvalue weighted by atomic mass is 9.97. The third-order valence-corrected chi connectivity index (χ3v) is 5.82. The van der Waals surface area contributed by atoms with E-state index in [1.54, 1.807) is 0 Å². The SMILES string of the molecule is CC1(CSCc2c(F)cccc2F)CC(c2ccc3c(c2)OCCO3)=NO1. The minimum Gasteiger partial charge on any atom is -0.486 e. The summed E-state index contributed by atoms with van der Waals surface area (Å²) < 4.78 is 38.6. The number of hydrogen-bond acceptors (Lipinski definition) is 5. The van der Waals surface area contributed by atoms with Crippen LogP contribution in [0.15, 0.2) is 41.6 Å². The molecule has 4 nitrogen and oxygen atoms in total. The van der Waals surface area contributed by atoms with Crippen LogP contribution in [0, 0.1) is 11.6 Å². The van der Waals surface area contributed by atoms with Crippen LogP contribution >= 0.6 is 11.8 Å². The highest BCUT2D eigenvalue weighted by Gasteiger charge is 2.35. The van der Waals surface area contributed by atoms with Crippen molar-refractivity contribution in [3.05, 3.63) is 59.2 Å². The van der Waals surface area contributed by atoms with Gasteiger partial charge in [0, 0.05) is 29.1 Å². The number of benzene rings is 2. The van der Waals surface area contributed by atoms with Gasteiger partial charge in [0.15, 0.2) is 11.5 Å². The van der Waals surface area contributed by atoms with E-state index in [2.05, 4.69) is 5.16 Å². The Bertz CT molecular complexity index is 869. The minimum atomic E-state index is -0.520. The second-order valence-corrected chi connectivity index (χ2v) is 7.79. The second-order valence-electron chi connectivity index (χ2n) is 6.81. The third-order valence-electron chi connectivity index (χ3n) is 4.51. The van der Waals surface area contributed by atoms with Crippen LogP contribution in [0.2, 0.25) is 0 Å². The van der Waals surface area contributed by atoms with Gasteiger partial charge in [-0.15, -0.1) is 0 Å². The molecule has 1 unspecified atom stereocenters. The van der Waals surface area contributed by atoms with Crippen LogP contribution in [0.25, 0.3) is 0 Å². The van der Waals surface area contributed by atoms with Gasteiger partial charge in [0.05, 0.1) is 5.71 Å². The predicted molar refractivity (Wildman–Crippen MR) is 101 cm³/mol. The number of ether oxygens (including phenoxy) is 2. The lowest BCUT2D eigenvalue weighted by Gasteiger charge is -2.21. The molecule has 1 atom stereocenters. The first-order chi connectivity index (χ1) is 13.0. The van der Waals surface area contributed by atoms with Gasteiger partial charge >= 0.3 is 0 Å². The zero-order valence-electron chi connectivity index (χ0n) is 14.8. The maximum Gasteiger partial charge on any atom is 0.162 e. The highest BCUT2D eigenvalue weighted by Crippen LogP contribution is 2.35. The summed E-state index contributed by atoms with van der Waals surface area (Å²) in [5, 5.41) is 4.23. The molecule has 0 fully saturated rings. The molecular weight excluding hydrogens is 372 g/mol. The molecule has 0 aliphatic carbocycles. The molecule has 7 heteroatoms. The van der Waals surface area contributed by atoms with Crippen molar-refractivity contribution < 1.29 is 23.1 Å². The van der Waals surface area contributed by atoms with Gasteiger partial charge in [-0.2, -0.15) is 11.8 Å². The maximum atomic E-state index is 13.7. The second kappa shape index (κ2) is 7.38. The Kier molecular flexibility index (Phi) is 4.95. The summed E-state index contributed by atoms with van der Waals surface area (Å²) in [5.74, 6) is 1.21. The normalized spacial score (nSPS) is 20.9. The molecule has 2 aliphatic heterocycles. The molecule has 0 spiro atoms. The average molecular weight is 391 g/mol. The quantitative estimate of drug-likeness (QED) is 0.750. The summed E-state index contributed by atoms with van der Waals surface area (Å²) in [6, 6.07) is 9.63. The summed E-state index contributed by atoms with van der Waals surface area (Å²) in [6.45, 7) is 3.03. The van der Waals surface area contributed by atoms with Gasteiger partial charge in [-0.1, -0.05) is 11.2 Å². The maximum absolute atomic E-state index is 13.7. The van der Waals surface area contributed by atoms with Crippen molar-refractivity contribution in [2.45, 2.75) is 24.7 Å². The van der Waals surface area contributed by atoms with Crippen molar-refractivity contribution in [1.29, 1.82) is 0 Å². The Morgan fingerprint density at radius 2 is 1.81 bits per heavy atom. The molecular formula is C20H19F2NO3S. The van der Waals surface area contributed by atoms with E-state index in [1.165, 1.54) is 30.0 Å². The predicted octanol–water partition coefficient (Wildman–Crippen LogP) is 4.55. The molecule has 2 aromatic rings. The van der Waals surface area contributed by atoms with Crippen LogP contribution in [-0.2, 0) is 10.6 Å². The van der Waals surface area contributed by atoms with Crippen molar-refractivity contribution in [3.63, 3.8) is 0 Å². The summed E-state index contributed by atoms with van der Waals surface area (Å²) >= 11 is 1.43. The number of rotatable bonds is 5. The van der Waals surface area contributed by atoms with Crippen molar-refractivity contribution in [2.75, 3.05) is 19.0 Å². The molecule has 27 heavy (non-hydrogen) atoms. The molecule has 0 bridgehead atoms. The van der Waals surface area contributed by atoms with Crippen LogP contribution < -0.4 is 9.47 Å². The van der Waals surface area contributed by atoms with Gasteiger partial charge in [-0.25, -0.2) is 8.78 Å². The van der Waals surface area contributed by atoms with Crippen molar-refractivity contribution in [1.82, 2.24) is 0 Å². The molecule has 4 rings (SSSR count). The molecule has 142 valence electrons. The van der Waals surface area contributed by atoms with E-state index >= 15 is 0 Å². The first kappa shape index (κ1) is 18.1. The van der Waals surface area contributed by atoms with Gasteiger partial charge in [0.25, 0.3) is 0 Å². The Morgan fingerprint density at radius 1 is 1.07 bits per heavy atom. The van der Waals surface area contributed by atoms with Crippen molar-refractivity contribution in [3.8, 4) is 11.5 Å². The van der Waals surface area contributed by atoms with Gasteiger partial charge in [0.2, 0.25) is 0 Å². The molecule has 0 N–H and O–H groups in total. The smallest absolute Gasteiger partial charge is 0.162 e. The summed E-state index contributed by atoms with van der Waals surface area (Å²) in [5.41, 5.74) is 1.33. The molecule has 2 heterocycles. The fraction of sp³-hybridized carbons (Fsp3) is 0.350. The minimum absolute atomic E-state index is 0.0945. The van der Waals surface area contributed by atoms with E-state index in [9.17, 15) is 8.78 Å². The standard InChI is InChI=1S/C20H19F2NO3S/c1-20(12-27-11-14-15(21)3-2-4-16(14)22)10-17(23-26-20)13-5-6-18-19(9-13)25-8-7-24-18/h2-6,9H,7-8,10-12H2,1H3. The van der Waals surface area contributed by atoms with Crippen LogP contribution in [-0.4, -0.2) is 30.3 Å². The molecule has 2 aliphatic rings. The summed E-state index contributed by atoms with van der Waals surface area (Å²) in [7, 11) is 0. The number of fused-ring (bicyclic) bond motifs is 1. The van der Waals surface area contributed by atoms with Gasteiger partial charge < -0.3 is 14.3 Å². The van der Waals surface area contributed by atoms with Gasteiger partial charge in [-0.3, -0.25) is 0 Å². The molecule has 0 saturated carbocycles. The van der Waals surface area contributed by atoms with E-state index < -0.39 is 17.2 Å². The number of nitrogens with zero attached hydrogens (tertiary/aromatic N) is 1. The van der Waals surface area contributed by atoms with Crippen LogP contribution in [0.3, 0.4) is 0 Å². The Morgan fingerprint density at radius 3 is 2.59 bits per heavy atom. The zero-order valence-corrected chi connectivity index (χ0v) is 15.7. The lowest BCUT2D eigenvalue weighted by Crippen LogP contribution is -2.28. The topological polar surface area (TPSA) is 40.0 Å². The lowest BCUT2D eigenvalue weighted by molar-refractivity contribution is 0.0163. The molecule has 0 saturated heterocycles. The number of halogens is 2. The first-order valence-electron chi connectivity index (χ1n) is 8.70. The van der Waals surface area contributed by atoms with Crippen LogP contribution in [0.5, 0.6) is 11.5 Å². The number of oxime groups is 1. The third kappa shape index (κ3) is 3.88. The van der Waals surface area contributed by atoms with Crippen LogP contribution in [0.1, 0.15) is 24.5 Å². The Labute approximate surface area is 160 Å². The van der Waals surface area contributed by atoms with Crippen LogP contribution in [0.4, 0.5) is 8.78 Å². The highest BCUT2D eigenvalue weighted by atomic mass is 32.2. The van der Waals surface area contributed by atoms with Gasteiger partial charge in [0.1, 0.15) is 30.4 Å². The molecule has 0 aromatic heterocycles. The van der Waals surface area contributed by atoms with Crippen molar-refractivity contribution >= 4 is 17.5 Å². The number of thioether (sulfide) groups is 1. The van der Waals surface area contributed by atoms with E-state index in [-0.39, 0.29) is 11.3 Å². The van der Waals surface area contributed by atoms with E-state index in [0.29, 0.717) is 31.1 Å². The monoisotopic (exact) mass is 391 g/mol. The number of hydrogen-bond donors (Lipinski definition) is 0. The van der Waals surface area contributed by atoms with Gasteiger partial charge in [-0.05, 0) is 37.3 Å². The van der Waals surface area contributed by atoms with Crippen molar-refractivity contribution in [2.24, 2.45) is 5.16 Å². The largest absolute Gasteiger partial charge is 0.486 e. The first-order valence-corrected chi connectivity index (χ1v) is 9.85. The highest BCUT2D eigenvalue weighted by molar-refractivity contribution is 7.98. The molecule has 2 aromatic carbocycles. The molecule has 0 amide bonds.